The van der Waals surface area contributed by atoms with E-state index in [4.69, 9.17) is 11.6 Å². The first-order valence-electron chi connectivity index (χ1n) is 5.68. The van der Waals surface area contributed by atoms with E-state index >= 15 is 0 Å². The van der Waals surface area contributed by atoms with Crippen molar-refractivity contribution in [2.75, 3.05) is 7.05 Å². The molecule has 17 heavy (non-hydrogen) atoms. The second-order valence-corrected chi connectivity index (χ2v) is 6.65. The summed E-state index contributed by atoms with van der Waals surface area (Å²) in [4.78, 5) is 0.338. The van der Waals surface area contributed by atoms with Crippen molar-refractivity contribution in [1.82, 2.24) is 4.31 Å². The maximum Gasteiger partial charge on any atom is 0.243 e. The molecule has 1 aromatic rings. The van der Waals surface area contributed by atoms with E-state index in [0.29, 0.717) is 10.8 Å². The number of hydrogen-bond acceptors (Lipinski definition) is 2. The van der Waals surface area contributed by atoms with Crippen LogP contribution in [0.1, 0.15) is 24.8 Å². The zero-order valence-electron chi connectivity index (χ0n) is 9.77. The lowest BCUT2D eigenvalue weighted by Crippen LogP contribution is -2.41. The molecule has 0 N–H and O–H groups in total. The second kappa shape index (κ2) is 4.96. The minimum absolute atomic E-state index is 0.166. The van der Waals surface area contributed by atoms with Gasteiger partial charge in [-0.15, -0.1) is 11.6 Å². The average Bonchev–Trinajstić information content (AvgIpc) is 2.26. The topological polar surface area (TPSA) is 37.4 Å². The summed E-state index contributed by atoms with van der Waals surface area (Å²) in [6.07, 6.45) is 3.04. The molecule has 0 spiro atoms. The molecule has 0 bridgehead atoms. The summed E-state index contributed by atoms with van der Waals surface area (Å²) in [7, 11) is -1.70. The SMILES string of the molecule is CN(C1CCC1)S(=O)(=O)c1cccc(CCl)c1. The molecule has 1 aromatic carbocycles. The van der Waals surface area contributed by atoms with Crippen LogP contribution < -0.4 is 0 Å². The van der Waals surface area contributed by atoms with Gasteiger partial charge in [-0.2, -0.15) is 4.31 Å². The highest BCUT2D eigenvalue weighted by molar-refractivity contribution is 7.89. The van der Waals surface area contributed by atoms with Gasteiger partial charge in [0.2, 0.25) is 10.0 Å². The molecule has 3 nitrogen and oxygen atoms in total. The molecule has 0 atom stereocenters. The van der Waals surface area contributed by atoms with Gasteiger partial charge in [0.1, 0.15) is 0 Å². The van der Waals surface area contributed by atoms with Crippen molar-refractivity contribution in [1.29, 1.82) is 0 Å². The lowest BCUT2D eigenvalue weighted by Gasteiger charge is -2.33. The van der Waals surface area contributed by atoms with E-state index in [-0.39, 0.29) is 6.04 Å². The van der Waals surface area contributed by atoms with Gasteiger partial charge < -0.3 is 0 Å². The number of nitrogens with zero attached hydrogens (tertiary/aromatic N) is 1. The maximum absolute atomic E-state index is 12.3. The van der Waals surface area contributed by atoms with E-state index in [1.807, 2.05) is 6.07 Å². The van der Waals surface area contributed by atoms with E-state index in [9.17, 15) is 8.42 Å². The lowest BCUT2D eigenvalue weighted by molar-refractivity contribution is 0.249. The van der Waals surface area contributed by atoms with Crippen LogP contribution in [-0.2, 0) is 15.9 Å². The van der Waals surface area contributed by atoms with Gasteiger partial charge in [0.05, 0.1) is 4.90 Å². The van der Waals surface area contributed by atoms with Gasteiger partial charge in [-0.1, -0.05) is 18.6 Å². The molecule has 1 fully saturated rings. The Balaban J connectivity index is 2.29. The quantitative estimate of drug-likeness (QED) is 0.791. The van der Waals surface area contributed by atoms with E-state index < -0.39 is 10.0 Å². The van der Waals surface area contributed by atoms with Crippen molar-refractivity contribution in [2.45, 2.75) is 36.1 Å². The zero-order chi connectivity index (χ0) is 12.5. The summed E-state index contributed by atoms with van der Waals surface area (Å²) in [5.41, 5.74) is 0.828. The molecule has 0 aromatic heterocycles. The number of sulfonamides is 1. The molecular weight excluding hydrogens is 258 g/mol. The standard InChI is InChI=1S/C12H16ClNO2S/c1-14(11-5-3-6-11)17(15,16)12-7-2-4-10(8-12)9-13/h2,4,7-8,11H,3,5-6,9H2,1H3. The van der Waals surface area contributed by atoms with Crippen molar-refractivity contribution in [3.05, 3.63) is 29.8 Å². The second-order valence-electron chi connectivity index (χ2n) is 4.39. The highest BCUT2D eigenvalue weighted by Crippen LogP contribution is 2.28. The Morgan fingerprint density at radius 3 is 2.65 bits per heavy atom. The van der Waals surface area contributed by atoms with E-state index in [2.05, 4.69) is 0 Å². The first kappa shape index (κ1) is 12.9. The van der Waals surface area contributed by atoms with Gasteiger partial charge in [-0.3, -0.25) is 0 Å². The van der Waals surface area contributed by atoms with Crippen LogP contribution in [0.15, 0.2) is 29.2 Å². The van der Waals surface area contributed by atoms with Crippen LogP contribution in [0.25, 0.3) is 0 Å². The van der Waals surface area contributed by atoms with Gasteiger partial charge in [0.15, 0.2) is 0 Å². The Kier molecular flexibility index (Phi) is 3.76. The lowest BCUT2D eigenvalue weighted by atomic mass is 9.94. The number of hydrogen-bond donors (Lipinski definition) is 0. The predicted molar refractivity (Wildman–Crippen MR) is 68.6 cm³/mol. The fraction of sp³-hybridized carbons (Fsp3) is 0.500. The molecular formula is C12H16ClNO2S. The van der Waals surface area contributed by atoms with E-state index in [1.54, 1.807) is 25.2 Å². The summed E-state index contributed by atoms with van der Waals surface area (Å²) in [5.74, 6) is 0.330. The largest absolute Gasteiger partial charge is 0.243 e. The molecule has 2 rings (SSSR count). The van der Waals surface area contributed by atoms with Crippen molar-refractivity contribution in [3.63, 3.8) is 0 Å². The van der Waals surface area contributed by atoms with Gasteiger partial charge >= 0.3 is 0 Å². The average molecular weight is 274 g/mol. The molecule has 0 heterocycles. The van der Waals surface area contributed by atoms with Crippen molar-refractivity contribution in [3.8, 4) is 0 Å². The Bertz CT molecular complexity index is 497. The fourth-order valence-corrected chi connectivity index (χ4v) is 3.55. The van der Waals surface area contributed by atoms with Crippen molar-refractivity contribution < 1.29 is 8.42 Å². The van der Waals surface area contributed by atoms with Crippen LogP contribution in [0.4, 0.5) is 0 Å². The third-order valence-corrected chi connectivity index (χ3v) is 5.53. The fourth-order valence-electron chi connectivity index (χ4n) is 1.90. The van der Waals surface area contributed by atoms with Gasteiger partial charge in [-0.25, -0.2) is 8.42 Å². The summed E-state index contributed by atoms with van der Waals surface area (Å²) < 4.78 is 26.1. The molecule has 1 saturated carbocycles. The highest BCUT2D eigenvalue weighted by atomic mass is 35.5. The number of rotatable bonds is 4. The van der Waals surface area contributed by atoms with Gasteiger partial charge in [0, 0.05) is 19.0 Å². The molecule has 0 saturated heterocycles. The Hall–Kier alpha value is -0.580. The van der Waals surface area contributed by atoms with Gasteiger partial charge in [-0.05, 0) is 30.5 Å². The molecule has 1 aliphatic rings. The van der Waals surface area contributed by atoms with Crippen LogP contribution in [0, 0.1) is 0 Å². The zero-order valence-corrected chi connectivity index (χ0v) is 11.3. The summed E-state index contributed by atoms with van der Waals surface area (Å²) in [6.45, 7) is 0. The molecule has 0 unspecified atom stereocenters. The summed E-state index contributed by atoms with van der Waals surface area (Å²) in [5, 5.41) is 0. The molecule has 94 valence electrons. The van der Waals surface area contributed by atoms with E-state index in [0.717, 1.165) is 24.8 Å². The van der Waals surface area contributed by atoms with Crippen LogP contribution in [0.3, 0.4) is 0 Å². The minimum atomic E-state index is -3.36. The number of alkyl halides is 1. The predicted octanol–water partition coefficient (Wildman–Crippen LogP) is 2.60. The van der Waals surface area contributed by atoms with Crippen LogP contribution >= 0.6 is 11.6 Å². The van der Waals surface area contributed by atoms with Crippen LogP contribution in [0.5, 0.6) is 0 Å². The third kappa shape index (κ3) is 2.49. The minimum Gasteiger partial charge on any atom is -0.207 e. The number of halogens is 1. The molecule has 5 heteroatoms. The smallest absolute Gasteiger partial charge is 0.207 e. The summed E-state index contributed by atoms with van der Waals surface area (Å²) in [6, 6.07) is 7.01. The van der Waals surface area contributed by atoms with Crippen LogP contribution in [-0.4, -0.2) is 25.8 Å². The van der Waals surface area contributed by atoms with Crippen molar-refractivity contribution in [2.24, 2.45) is 0 Å². The Morgan fingerprint density at radius 1 is 1.41 bits per heavy atom. The highest BCUT2D eigenvalue weighted by Gasteiger charge is 2.31. The van der Waals surface area contributed by atoms with Crippen LogP contribution in [0.2, 0.25) is 0 Å². The van der Waals surface area contributed by atoms with E-state index in [1.165, 1.54) is 4.31 Å². The Labute approximate surface area is 107 Å². The molecule has 0 amide bonds. The normalized spacial score (nSPS) is 17.1. The van der Waals surface area contributed by atoms with Gasteiger partial charge in [0.25, 0.3) is 0 Å². The summed E-state index contributed by atoms with van der Waals surface area (Å²) >= 11 is 5.72. The molecule has 1 aliphatic carbocycles. The monoisotopic (exact) mass is 273 g/mol. The maximum atomic E-state index is 12.3. The Morgan fingerprint density at radius 2 is 2.12 bits per heavy atom. The third-order valence-electron chi connectivity index (χ3n) is 3.32. The first-order valence-corrected chi connectivity index (χ1v) is 7.66. The number of benzene rings is 1. The molecule has 0 radical (unpaired) electrons. The molecule has 0 aliphatic heterocycles. The van der Waals surface area contributed by atoms with Crippen molar-refractivity contribution >= 4 is 21.6 Å². The first-order chi connectivity index (χ1) is 8.05.